The molecule has 0 fully saturated rings. The quantitative estimate of drug-likeness (QED) is 0.559. The van der Waals surface area contributed by atoms with E-state index in [4.69, 9.17) is 16.3 Å². The molecule has 1 heterocycles. The van der Waals surface area contributed by atoms with Crippen LogP contribution in [0.4, 0.5) is 10.1 Å². The van der Waals surface area contributed by atoms with E-state index >= 15 is 0 Å². The number of hydrogen-bond donors (Lipinski definition) is 1. The zero-order valence-electron chi connectivity index (χ0n) is 16.6. The van der Waals surface area contributed by atoms with Gasteiger partial charge in [-0.05, 0) is 42.0 Å². The third-order valence-corrected chi connectivity index (χ3v) is 5.14. The maximum absolute atomic E-state index is 13.7. The Labute approximate surface area is 183 Å². The van der Waals surface area contributed by atoms with Gasteiger partial charge < -0.3 is 10.1 Å². The van der Waals surface area contributed by atoms with Gasteiger partial charge >= 0.3 is 0 Å². The molecular weight excluding hydrogens is 419 g/mol. The predicted octanol–water partition coefficient (Wildman–Crippen LogP) is 4.88. The summed E-state index contributed by atoms with van der Waals surface area (Å²) >= 11 is 5.94. The molecule has 156 valence electrons. The number of halogens is 2. The summed E-state index contributed by atoms with van der Waals surface area (Å²) in [5.74, 6) is -0.988. The highest BCUT2D eigenvalue weighted by molar-refractivity contribution is 6.37. The summed E-state index contributed by atoms with van der Waals surface area (Å²) in [6.07, 6.45) is 0. The van der Waals surface area contributed by atoms with Gasteiger partial charge in [-0.25, -0.2) is 4.39 Å². The van der Waals surface area contributed by atoms with Crippen LogP contribution in [0.2, 0.25) is 5.02 Å². The Balaban J connectivity index is 1.78. The SMILES string of the molecule is COc1ccccc1C1=C(Nc2cccc(F)c2)C(=O)N(Cc2ccc(Cl)cc2)C1=O. The van der Waals surface area contributed by atoms with Gasteiger partial charge in [-0.2, -0.15) is 0 Å². The molecule has 0 atom stereocenters. The van der Waals surface area contributed by atoms with Crippen molar-refractivity contribution >= 4 is 34.7 Å². The van der Waals surface area contributed by atoms with E-state index in [-0.39, 0.29) is 17.8 Å². The lowest BCUT2D eigenvalue weighted by Gasteiger charge is -2.16. The van der Waals surface area contributed by atoms with Gasteiger partial charge in [-0.3, -0.25) is 14.5 Å². The molecule has 0 aliphatic carbocycles. The van der Waals surface area contributed by atoms with Crippen molar-refractivity contribution in [1.82, 2.24) is 4.90 Å². The van der Waals surface area contributed by atoms with Gasteiger partial charge in [0, 0.05) is 16.3 Å². The minimum atomic E-state index is -0.509. The molecule has 5 nitrogen and oxygen atoms in total. The van der Waals surface area contributed by atoms with Crippen molar-refractivity contribution in [2.24, 2.45) is 0 Å². The van der Waals surface area contributed by atoms with Gasteiger partial charge in [0.25, 0.3) is 11.8 Å². The summed E-state index contributed by atoms with van der Waals surface area (Å²) in [6.45, 7) is 0.0712. The molecule has 0 saturated carbocycles. The third kappa shape index (κ3) is 4.15. The Hall–Kier alpha value is -3.64. The number of carbonyl (C=O) groups excluding carboxylic acids is 2. The molecule has 31 heavy (non-hydrogen) atoms. The Kier molecular flexibility index (Phi) is 5.73. The van der Waals surface area contributed by atoms with Gasteiger partial charge in [-0.1, -0.05) is 48.0 Å². The van der Waals surface area contributed by atoms with Gasteiger partial charge in [0.1, 0.15) is 17.3 Å². The van der Waals surface area contributed by atoms with Crippen LogP contribution in [0.25, 0.3) is 5.57 Å². The fourth-order valence-corrected chi connectivity index (χ4v) is 3.55. The van der Waals surface area contributed by atoms with Crippen LogP contribution in [0.15, 0.2) is 78.5 Å². The number of para-hydroxylation sites is 1. The summed E-state index contributed by atoms with van der Waals surface area (Å²) in [4.78, 5) is 27.8. The van der Waals surface area contributed by atoms with Crippen molar-refractivity contribution in [2.75, 3.05) is 12.4 Å². The van der Waals surface area contributed by atoms with E-state index in [0.29, 0.717) is 22.0 Å². The van der Waals surface area contributed by atoms with Gasteiger partial charge in [0.05, 0.1) is 19.2 Å². The minimum Gasteiger partial charge on any atom is -0.496 e. The number of amides is 2. The molecule has 0 radical (unpaired) electrons. The maximum atomic E-state index is 13.7. The smallest absolute Gasteiger partial charge is 0.278 e. The van der Waals surface area contributed by atoms with Crippen molar-refractivity contribution in [3.05, 3.63) is 100 Å². The van der Waals surface area contributed by atoms with Gasteiger partial charge in [-0.15, -0.1) is 0 Å². The summed E-state index contributed by atoms with van der Waals surface area (Å²) < 4.78 is 19.1. The lowest BCUT2D eigenvalue weighted by Crippen LogP contribution is -2.32. The molecule has 7 heteroatoms. The number of methoxy groups -OCH3 is 1. The van der Waals surface area contributed by atoms with Crippen LogP contribution in [0.5, 0.6) is 5.75 Å². The Morgan fingerprint density at radius 1 is 0.968 bits per heavy atom. The standard InChI is InChI=1S/C24H18ClFN2O3/c1-31-20-8-3-2-7-19(20)21-22(27-18-6-4-5-17(26)13-18)24(30)28(23(21)29)14-15-9-11-16(25)12-10-15/h2-13,27H,14H2,1H3. The number of ether oxygens (including phenoxy) is 1. The number of benzene rings is 3. The number of nitrogens with zero attached hydrogens (tertiary/aromatic N) is 1. The van der Waals surface area contributed by atoms with Crippen LogP contribution < -0.4 is 10.1 Å². The highest BCUT2D eigenvalue weighted by atomic mass is 35.5. The first-order valence-corrected chi connectivity index (χ1v) is 9.86. The number of imide groups is 1. The fraction of sp³-hybridized carbons (Fsp3) is 0.0833. The fourth-order valence-electron chi connectivity index (χ4n) is 3.42. The van der Waals surface area contributed by atoms with E-state index in [2.05, 4.69) is 5.32 Å². The Morgan fingerprint density at radius 2 is 1.71 bits per heavy atom. The number of nitrogens with one attached hydrogen (secondary N) is 1. The lowest BCUT2D eigenvalue weighted by atomic mass is 10.0. The molecule has 3 aromatic carbocycles. The maximum Gasteiger partial charge on any atom is 0.278 e. The van der Waals surface area contributed by atoms with Crippen LogP contribution >= 0.6 is 11.6 Å². The van der Waals surface area contributed by atoms with E-state index in [1.165, 1.54) is 25.3 Å². The molecule has 1 aliphatic rings. The van der Waals surface area contributed by atoms with E-state index in [1.54, 1.807) is 54.6 Å². The van der Waals surface area contributed by atoms with Crippen LogP contribution in [0.1, 0.15) is 11.1 Å². The number of anilines is 1. The molecule has 4 rings (SSSR count). The van der Waals surface area contributed by atoms with Crippen molar-refractivity contribution in [2.45, 2.75) is 6.54 Å². The van der Waals surface area contributed by atoms with E-state index in [9.17, 15) is 14.0 Å². The molecule has 2 amide bonds. The van der Waals surface area contributed by atoms with E-state index in [0.717, 1.165) is 10.5 Å². The lowest BCUT2D eigenvalue weighted by molar-refractivity contribution is -0.137. The van der Waals surface area contributed by atoms with Gasteiger partial charge in [0.15, 0.2) is 0 Å². The second kappa shape index (κ2) is 8.62. The summed E-state index contributed by atoms with van der Waals surface area (Å²) in [5, 5.41) is 3.50. The molecule has 0 unspecified atom stereocenters. The van der Waals surface area contributed by atoms with Crippen LogP contribution in [0.3, 0.4) is 0 Å². The Morgan fingerprint density at radius 3 is 2.42 bits per heavy atom. The summed E-state index contributed by atoms with van der Waals surface area (Å²) in [5.41, 5.74) is 1.81. The molecule has 0 saturated heterocycles. The topological polar surface area (TPSA) is 58.6 Å². The van der Waals surface area contributed by atoms with Crippen LogP contribution in [0, 0.1) is 5.82 Å². The molecule has 0 bridgehead atoms. The van der Waals surface area contributed by atoms with E-state index < -0.39 is 17.6 Å². The van der Waals surface area contributed by atoms with Crippen molar-refractivity contribution in [3.8, 4) is 5.75 Å². The number of hydrogen-bond acceptors (Lipinski definition) is 4. The highest BCUT2D eigenvalue weighted by Gasteiger charge is 2.40. The number of rotatable bonds is 6. The zero-order chi connectivity index (χ0) is 22.0. The molecule has 0 aromatic heterocycles. The van der Waals surface area contributed by atoms with Crippen LogP contribution in [-0.4, -0.2) is 23.8 Å². The molecular formula is C24H18ClFN2O3. The first kappa shape index (κ1) is 20.6. The third-order valence-electron chi connectivity index (χ3n) is 4.89. The van der Waals surface area contributed by atoms with Crippen molar-refractivity contribution in [3.63, 3.8) is 0 Å². The van der Waals surface area contributed by atoms with Gasteiger partial charge in [0.2, 0.25) is 0 Å². The summed E-state index contributed by atoms with van der Waals surface area (Å²) in [6, 6.07) is 19.5. The average Bonchev–Trinajstić information content (AvgIpc) is 2.99. The molecule has 3 aromatic rings. The second-order valence-electron chi connectivity index (χ2n) is 6.91. The highest BCUT2D eigenvalue weighted by Crippen LogP contribution is 2.36. The minimum absolute atomic E-state index is 0.0639. The average molecular weight is 437 g/mol. The Bertz CT molecular complexity index is 1190. The first-order valence-electron chi connectivity index (χ1n) is 9.49. The van der Waals surface area contributed by atoms with Crippen molar-refractivity contribution < 1.29 is 18.7 Å². The second-order valence-corrected chi connectivity index (χ2v) is 7.34. The van der Waals surface area contributed by atoms with Crippen molar-refractivity contribution in [1.29, 1.82) is 0 Å². The molecule has 0 spiro atoms. The largest absolute Gasteiger partial charge is 0.496 e. The van der Waals surface area contributed by atoms with Crippen LogP contribution in [-0.2, 0) is 16.1 Å². The normalized spacial score (nSPS) is 13.7. The molecule has 1 N–H and O–H groups in total. The number of carbonyl (C=O) groups is 2. The van der Waals surface area contributed by atoms with E-state index in [1.807, 2.05) is 0 Å². The molecule has 1 aliphatic heterocycles. The zero-order valence-corrected chi connectivity index (χ0v) is 17.3. The predicted molar refractivity (Wildman–Crippen MR) is 117 cm³/mol. The first-order chi connectivity index (χ1) is 15.0. The summed E-state index contributed by atoms with van der Waals surface area (Å²) in [7, 11) is 1.49. The monoisotopic (exact) mass is 436 g/mol.